The first kappa shape index (κ1) is 22.4. The van der Waals surface area contributed by atoms with E-state index in [4.69, 9.17) is 9.47 Å². The summed E-state index contributed by atoms with van der Waals surface area (Å²) in [5.41, 5.74) is 1.02. The van der Waals surface area contributed by atoms with E-state index < -0.39 is 18.7 Å². The molecule has 8 nitrogen and oxygen atoms in total. The van der Waals surface area contributed by atoms with Crippen molar-refractivity contribution in [3.8, 4) is 17.4 Å². The van der Waals surface area contributed by atoms with Gasteiger partial charge in [0.05, 0.1) is 11.6 Å². The highest BCUT2D eigenvalue weighted by Gasteiger charge is 2.29. The molecule has 1 atom stereocenters. The van der Waals surface area contributed by atoms with E-state index >= 15 is 0 Å². The molecule has 0 saturated carbocycles. The van der Waals surface area contributed by atoms with Crippen LogP contribution in [0.1, 0.15) is 21.7 Å². The van der Waals surface area contributed by atoms with Crippen molar-refractivity contribution in [2.24, 2.45) is 7.05 Å². The van der Waals surface area contributed by atoms with E-state index in [9.17, 15) is 18.0 Å². The Labute approximate surface area is 187 Å². The molecule has 0 aliphatic carbocycles. The highest BCUT2D eigenvalue weighted by molar-refractivity contribution is 5.94. The van der Waals surface area contributed by atoms with E-state index in [1.165, 1.54) is 18.3 Å². The van der Waals surface area contributed by atoms with Gasteiger partial charge in [0.2, 0.25) is 5.88 Å². The average Bonchev–Trinajstić information content (AvgIpc) is 3.20. The van der Waals surface area contributed by atoms with E-state index in [0.717, 1.165) is 11.4 Å². The summed E-state index contributed by atoms with van der Waals surface area (Å²) in [6, 6.07) is 7.75. The topological polar surface area (TPSA) is 87.5 Å². The molecule has 0 bridgehead atoms. The molecule has 174 valence electrons. The maximum atomic E-state index is 12.6. The molecular formula is C22H21F3N4O4. The zero-order valence-electron chi connectivity index (χ0n) is 17.6. The fourth-order valence-corrected chi connectivity index (χ4v) is 3.31. The minimum Gasteiger partial charge on any atom is -0.491 e. The van der Waals surface area contributed by atoms with E-state index in [2.05, 4.69) is 20.0 Å². The monoisotopic (exact) mass is 462 g/mol. The molecule has 33 heavy (non-hydrogen) atoms. The number of ether oxygens (including phenoxy) is 3. The number of aromatic nitrogens is 3. The van der Waals surface area contributed by atoms with Gasteiger partial charge in [0.1, 0.15) is 30.5 Å². The summed E-state index contributed by atoms with van der Waals surface area (Å²) in [4.78, 5) is 20.6. The third kappa shape index (κ3) is 5.73. The van der Waals surface area contributed by atoms with Gasteiger partial charge < -0.3 is 24.1 Å². The molecule has 0 spiro atoms. The molecular weight excluding hydrogens is 441 g/mol. The van der Waals surface area contributed by atoms with Crippen molar-refractivity contribution < 1.29 is 32.2 Å². The van der Waals surface area contributed by atoms with Gasteiger partial charge in [-0.3, -0.25) is 4.79 Å². The predicted octanol–water partition coefficient (Wildman–Crippen LogP) is 3.07. The number of alkyl halides is 3. The van der Waals surface area contributed by atoms with Crippen LogP contribution in [0.5, 0.6) is 17.4 Å². The van der Waals surface area contributed by atoms with Crippen LogP contribution in [0.3, 0.4) is 0 Å². The van der Waals surface area contributed by atoms with Crippen molar-refractivity contribution in [3.63, 3.8) is 0 Å². The Balaban J connectivity index is 1.37. The van der Waals surface area contributed by atoms with Crippen molar-refractivity contribution >= 4 is 5.91 Å². The van der Waals surface area contributed by atoms with Gasteiger partial charge in [0, 0.05) is 43.7 Å². The molecule has 1 amide bonds. The number of amides is 1. The standard InChI is InChI=1S/C22H21F3N4O4/c1-29-8-7-26-19(29)12-32-18-4-2-3-17-16(18)9-15(11-31-17)28-21(30)14-5-6-20(27-10-14)33-13-22(23,24)25/h2-8,10,15H,9,11-13H2,1H3,(H,28,30)/t15-/m0/s1. The molecule has 1 N–H and O–H groups in total. The zero-order chi connectivity index (χ0) is 23.4. The molecule has 4 rings (SSSR count). The Morgan fingerprint density at radius 3 is 2.79 bits per heavy atom. The Morgan fingerprint density at radius 1 is 1.24 bits per heavy atom. The van der Waals surface area contributed by atoms with E-state index in [-0.39, 0.29) is 30.7 Å². The Kier molecular flexibility index (Phi) is 6.38. The minimum absolute atomic E-state index is 0.194. The highest BCUT2D eigenvalue weighted by atomic mass is 19.4. The third-order valence-electron chi connectivity index (χ3n) is 4.98. The molecule has 1 aliphatic heterocycles. The summed E-state index contributed by atoms with van der Waals surface area (Å²) in [6.45, 7) is -0.901. The Hall–Kier alpha value is -3.76. The van der Waals surface area contributed by atoms with E-state index in [1.807, 2.05) is 36.0 Å². The van der Waals surface area contributed by atoms with E-state index in [0.29, 0.717) is 17.9 Å². The van der Waals surface area contributed by atoms with Gasteiger partial charge in [0.15, 0.2) is 6.61 Å². The van der Waals surface area contributed by atoms with Crippen molar-refractivity contribution in [1.82, 2.24) is 19.9 Å². The minimum atomic E-state index is -4.46. The van der Waals surface area contributed by atoms with Crippen LogP contribution in [-0.4, -0.2) is 45.9 Å². The van der Waals surface area contributed by atoms with Crippen LogP contribution in [0.2, 0.25) is 0 Å². The van der Waals surface area contributed by atoms with Gasteiger partial charge in [-0.05, 0) is 18.2 Å². The second-order valence-electron chi connectivity index (χ2n) is 7.45. The number of fused-ring (bicyclic) bond motifs is 1. The number of benzene rings is 1. The summed E-state index contributed by atoms with van der Waals surface area (Å²) in [5.74, 6) is 1.46. The number of nitrogens with one attached hydrogen (secondary N) is 1. The fraction of sp³-hybridized carbons (Fsp3) is 0.318. The smallest absolute Gasteiger partial charge is 0.422 e. The lowest BCUT2D eigenvalue weighted by molar-refractivity contribution is -0.154. The van der Waals surface area contributed by atoms with Crippen LogP contribution in [0.25, 0.3) is 0 Å². The first-order valence-electron chi connectivity index (χ1n) is 10.1. The van der Waals surface area contributed by atoms with Gasteiger partial charge in [-0.25, -0.2) is 9.97 Å². The number of imidazole rings is 1. The van der Waals surface area contributed by atoms with Crippen LogP contribution < -0.4 is 19.5 Å². The summed E-state index contributed by atoms with van der Waals surface area (Å²) in [7, 11) is 1.88. The summed E-state index contributed by atoms with van der Waals surface area (Å²) in [5, 5.41) is 2.86. The number of rotatable bonds is 7. The third-order valence-corrected chi connectivity index (χ3v) is 4.98. The first-order chi connectivity index (χ1) is 15.8. The quantitative estimate of drug-likeness (QED) is 0.581. The Bertz CT molecular complexity index is 1120. The largest absolute Gasteiger partial charge is 0.491 e. The number of carbonyl (C=O) groups excluding carboxylic acids is 1. The lowest BCUT2D eigenvalue weighted by Gasteiger charge is -2.27. The van der Waals surface area contributed by atoms with Gasteiger partial charge in [0.25, 0.3) is 5.91 Å². The van der Waals surface area contributed by atoms with Crippen LogP contribution >= 0.6 is 0 Å². The van der Waals surface area contributed by atoms with Crippen molar-refractivity contribution in [3.05, 3.63) is 65.9 Å². The van der Waals surface area contributed by atoms with Crippen LogP contribution in [-0.2, 0) is 20.1 Å². The second kappa shape index (κ2) is 9.39. The normalized spacial score (nSPS) is 15.3. The summed E-state index contributed by atoms with van der Waals surface area (Å²) in [6.07, 6.45) is 0.711. The average molecular weight is 462 g/mol. The van der Waals surface area contributed by atoms with Gasteiger partial charge in [-0.2, -0.15) is 13.2 Å². The number of hydrogen-bond donors (Lipinski definition) is 1. The van der Waals surface area contributed by atoms with Crippen LogP contribution in [0.15, 0.2) is 48.9 Å². The van der Waals surface area contributed by atoms with Crippen LogP contribution in [0.4, 0.5) is 13.2 Å². The highest BCUT2D eigenvalue weighted by Crippen LogP contribution is 2.33. The molecule has 11 heteroatoms. The summed E-state index contributed by atoms with van der Waals surface area (Å²) < 4.78 is 54.9. The van der Waals surface area contributed by atoms with Crippen molar-refractivity contribution in [2.45, 2.75) is 25.2 Å². The van der Waals surface area contributed by atoms with Crippen molar-refractivity contribution in [1.29, 1.82) is 0 Å². The fourth-order valence-electron chi connectivity index (χ4n) is 3.31. The van der Waals surface area contributed by atoms with Gasteiger partial charge in [-0.15, -0.1) is 0 Å². The second-order valence-corrected chi connectivity index (χ2v) is 7.45. The van der Waals surface area contributed by atoms with Crippen molar-refractivity contribution in [2.75, 3.05) is 13.2 Å². The zero-order valence-corrected chi connectivity index (χ0v) is 17.6. The van der Waals surface area contributed by atoms with Gasteiger partial charge >= 0.3 is 6.18 Å². The predicted molar refractivity (Wildman–Crippen MR) is 110 cm³/mol. The number of carbonyl (C=O) groups is 1. The molecule has 2 aromatic heterocycles. The first-order valence-corrected chi connectivity index (χ1v) is 10.1. The molecule has 0 saturated heterocycles. The Morgan fingerprint density at radius 2 is 2.09 bits per heavy atom. The molecule has 1 aromatic carbocycles. The maximum absolute atomic E-state index is 12.6. The maximum Gasteiger partial charge on any atom is 0.422 e. The van der Waals surface area contributed by atoms with E-state index in [1.54, 1.807) is 6.20 Å². The molecule has 0 unspecified atom stereocenters. The number of halogens is 3. The molecule has 3 heterocycles. The molecule has 3 aromatic rings. The lowest BCUT2D eigenvalue weighted by atomic mass is 10.0. The number of pyridine rings is 1. The number of hydrogen-bond acceptors (Lipinski definition) is 6. The summed E-state index contributed by atoms with van der Waals surface area (Å²) >= 11 is 0. The van der Waals surface area contributed by atoms with Crippen LogP contribution in [0, 0.1) is 0 Å². The molecule has 0 radical (unpaired) electrons. The van der Waals surface area contributed by atoms with Gasteiger partial charge in [-0.1, -0.05) is 6.07 Å². The SMILES string of the molecule is Cn1ccnc1COc1cccc2c1C[C@H](NC(=O)c1ccc(OCC(F)(F)F)nc1)CO2. The molecule has 0 fully saturated rings. The number of aryl methyl sites for hydroxylation is 1. The molecule has 1 aliphatic rings. The number of nitrogens with zero attached hydrogens (tertiary/aromatic N) is 3. The lowest BCUT2D eigenvalue weighted by Crippen LogP contribution is -2.42.